The first-order chi connectivity index (χ1) is 16.8. The van der Waals surface area contributed by atoms with E-state index in [1.807, 2.05) is 27.8 Å². The van der Waals surface area contributed by atoms with E-state index in [4.69, 9.17) is 10.2 Å². The molecule has 1 aromatic carbocycles. The predicted octanol–water partition coefficient (Wildman–Crippen LogP) is 4.61. The molecular formula is C28H31N5O2. The molecule has 1 unspecified atom stereocenters. The standard InChI is InChI=1S/C28H31N5O2/c1-16(2)28(35)33-13-20-8-9-21(14-33)25(20)22-15-32(4)26-24(22)17(3)23(12-30-26)31-27(34)19-7-5-6-18(10-19)11-29/h5-7,10,12,15-16,20-21,25H,8-9,13-14H2,1-4H3,(H,31,34)/t20-,21?,25-/m1/s1. The van der Waals surface area contributed by atoms with Crippen molar-refractivity contribution in [2.75, 3.05) is 18.4 Å². The van der Waals surface area contributed by atoms with Gasteiger partial charge in [0, 0.05) is 43.2 Å². The van der Waals surface area contributed by atoms with Crippen LogP contribution in [-0.4, -0.2) is 39.4 Å². The van der Waals surface area contributed by atoms with E-state index in [2.05, 4.69) is 27.0 Å². The highest BCUT2D eigenvalue weighted by molar-refractivity contribution is 6.06. The van der Waals surface area contributed by atoms with Crippen molar-refractivity contribution in [3.8, 4) is 6.07 Å². The van der Waals surface area contributed by atoms with Crippen molar-refractivity contribution in [3.05, 3.63) is 58.9 Å². The predicted molar refractivity (Wildman–Crippen MR) is 135 cm³/mol. The molecule has 2 bridgehead atoms. The molecule has 1 N–H and O–H groups in total. The number of nitrogens with zero attached hydrogens (tertiary/aromatic N) is 4. The number of nitrogens with one attached hydrogen (secondary N) is 1. The van der Waals surface area contributed by atoms with E-state index in [1.165, 1.54) is 5.56 Å². The molecule has 1 aliphatic heterocycles. The highest BCUT2D eigenvalue weighted by Crippen LogP contribution is 2.50. The molecule has 3 heterocycles. The summed E-state index contributed by atoms with van der Waals surface area (Å²) < 4.78 is 2.07. The third-order valence-electron chi connectivity index (χ3n) is 7.77. The van der Waals surface area contributed by atoms with Crippen molar-refractivity contribution < 1.29 is 9.59 Å². The van der Waals surface area contributed by atoms with E-state index in [1.54, 1.807) is 30.5 Å². The third-order valence-corrected chi connectivity index (χ3v) is 7.77. The molecule has 1 aliphatic carbocycles. The zero-order valence-electron chi connectivity index (χ0n) is 20.7. The summed E-state index contributed by atoms with van der Waals surface area (Å²) in [6.45, 7) is 7.61. The molecule has 2 aromatic heterocycles. The number of hydrogen-bond acceptors (Lipinski definition) is 4. The van der Waals surface area contributed by atoms with Crippen molar-refractivity contribution in [2.45, 2.75) is 39.5 Å². The van der Waals surface area contributed by atoms with E-state index < -0.39 is 0 Å². The zero-order valence-corrected chi connectivity index (χ0v) is 20.7. The van der Waals surface area contributed by atoms with Gasteiger partial charge >= 0.3 is 0 Å². The Hall–Kier alpha value is -3.66. The van der Waals surface area contributed by atoms with Gasteiger partial charge in [-0.1, -0.05) is 19.9 Å². The second-order valence-electron chi connectivity index (χ2n) is 10.4. The summed E-state index contributed by atoms with van der Waals surface area (Å²) in [6, 6.07) is 8.77. The molecule has 2 fully saturated rings. The molecule has 0 radical (unpaired) electrons. The van der Waals surface area contributed by atoms with Gasteiger partial charge in [0.15, 0.2) is 0 Å². The number of anilines is 1. The molecule has 3 aromatic rings. The van der Waals surface area contributed by atoms with Gasteiger partial charge in [0.05, 0.1) is 23.5 Å². The summed E-state index contributed by atoms with van der Waals surface area (Å²) in [5, 5.41) is 13.3. The number of carbonyl (C=O) groups excluding carboxylic acids is 2. The van der Waals surface area contributed by atoms with E-state index in [-0.39, 0.29) is 17.7 Å². The normalized spacial score (nSPS) is 21.4. The molecule has 2 aliphatic rings. The summed E-state index contributed by atoms with van der Waals surface area (Å²) in [5.74, 6) is 1.27. The van der Waals surface area contributed by atoms with Gasteiger partial charge in [0.25, 0.3) is 5.91 Å². The van der Waals surface area contributed by atoms with E-state index in [9.17, 15) is 9.59 Å². The maximum atomic E-state index is 12.9. The lowest BCUT2D eigenvalue weighted by molar-refractivity contribution is -0.136. The second kappa shape index (κ2) is 8.84. The largest absolute Gasteiger partial charge is 0.342 e. The number of aromatic nitrogens is 2. The summed E-state index contributed by atoms with van der Waals surface area (Å²) in [6.07, 6.45) is 6.17. The summed E-state index contributed by atoms with van der Waals surface area (Å²) in [7, 11) is 2.02. The Morgan fingerprint density at radius 2 is 1.91 bits per heavy atom. The number of hydrogen-bond donors (Lipinski definition) is 1. The second-order valence-corrected chi connectivity index (χ2v) is 10.4. The van der Waals surface area contributed by atoms with Gasteiger partial charge in [-0.2, -0.15) is 5.26 Å². The Kier molecular flexibility index (Phi) is 5.84. The fourth-order valence-corrected chi connectivity index (χ4v) is 6.12. The first-order valence-electron chi connectivity index (χ1n) is 12.3. The zero-order chi connectivity index (χ0) is 24.9. The van der Waals surface area contributed by atoms with Gasteiger partial charge in [0.2, 0.25) is 5.91 Å². The first-order valence-corrected chi connectivity index (χ1v) is 12.3. The van der Waals surface area contributed by atoms with Crippen LogP contribution >= 0.6 is 0 Å². The number of amides is 2. The molecule has 0 spiro atoms. The van der Waals surface area contributed by atoms with Gasteiger partial charge in [-0.25, -0.2) is 4.98 Å². The molecule has 180 valence electrons. The molecule has 7 nitrogen and oxygen atoms in total. The van der Waals surface area contributed by atoms with Crippen molar-refractivity contribution in [1.82, 2.24) is 14.5 Å². The average molecular weight is 470 g/mol. The van der Waals surface area contributed by atoms with E-state index in [0.29, 0.717) is 34.6 Å². The van der Waals surface area contributed by atoms with Crippen molar-refractivity contribution in [1.29, 1.82) is 5.26 Å². The maximum Gasteiger partial charge on any atom is 0.255 e. The number of benzene rings is 1. The fraction of sp³-hybridized carbons (Fsp3) is 0.429. The number of piperidine rings is 1. The lowest BCUT2D eigenvalue weighted by atomic mass is 9.79. The van der Waals surface area contributed by atoms with Crippen LogP contribution in [-0.2, 0) is 11.8 Å². The van der Waals surface area contributed by atoms with Gasteiger partial charge < -0.3 is 14.8 Å². The smallest absolute Gasteiger partial charge is 0.255 e. The molecule has 7 heteroatoms. The van der Waals surface area contributed by atoms with Gasteiger partial charge in [0.1, 0.15) is 5.65 Å². The lowest BCUT2D eigenvalue weighted by Crippen LogP contribution is -2.45. The molecule has 1 saturated heterocycles. The van der Waals surface area contributed by atoms with E-state index >= 15 is 0 Å². The summed E-state index contributed by atoms with van der Waals surface area (Å²) >= 11 is 0. The number of nitriles is 1. The summed E-state index contributed by atoms with van der Waals surface area (Å²) in [4.78, 5) is 32.4. The Balaban J connectivity index is 1.48. The highest BCUT2D eigenvalue weighted by Gasteiger charge is 2.45. The van der Waals surface area contributed by atoms with Crippen LogP contribution in [0.15, 0.2) is 36.7 Å². The van der Waals surface area contributed by atoms with Crippen molar-refractivity contribution >= 4 is 28.5 Å². The van der Waals surface area contributed by atoms with Gasteiger partial charge in [-0.15, -0.1) is 0 Å². The number of aryl methyl sites for hydroxylation is 2. The minimum Gasteiger partial charge on any atom is -0.342 e. The topological polar surface area (TPSA) is 91.0 Å². The molecule has 3 atom stereocenters. The number of likely N-dealkylation sites (tertiary alicyclic amines) is 1. The van der Waals surface area contributed by atoms with Gasteiger partial charge in [-0.3, -0.25) is 9.59 Å². The maximum absolute atomic E-state index is 12.9. The monoisotopic (exact) mass is 469 g/mol. The average Bonchev–Trinajstić information content (AvgIpc) is 3.32. The van der Waals surface area contributed by atoms with Crippen LogP contribution in [0.1, 0.15) is 59.7 Å². The van der Waals surface area contributed by atoms with Crippen LogP contribution in [0.3, 0.4) is 0 Å². The van der Waals surface area contributed by atoms with E-state index in [0.717, 1.165) is 42.5 Å². The number of pyridine rings is 1. The van der Waals surface area contributed by atoms with Crippen LogP contribution in [0, 0.1) is 36.0 Å². The van der Waals surface area contributed by atoms with Crippen molar-refractivity contribution in [2.24, 2.45) is 24.8 Å². The van der Waals surface area contributed by atoms with Crippen LogP contribution in [0.2, 0.25) is 0 Å². The Morgan fingerprint density at radius 3 is 2.57 bits per heavy atom. The minimum absolute atomic E-state index is 0.0231. The molecule has 2 amide bonds. The Bertz CT molecular complexity index is 1350. The number of rotatable bonds is 4. The Morgan fingerprint density at radius 1 is 1.20 bits per heavy atom. The SMILES string of the molecule is Cc1c(NC(=O)c2cccc(C#N)c2)cnc2c1c([C@H]1C3CC[C@@H]1CN(C(=O)C(C)C)C3)cn2C. The molecule has 5 rings (SSSR count). The quantitative estimate of drug-likeness (QED) is 0.604. The fourth-order valence-electron chi connectivity index (χ4n) is 6.12. The molecule has 1 saturated carbocycles. The molecule has 35 heavy (non-hydrogen) atoms. The number of fused-ring (bicyclic) bond motifs is 3. The first kappa shape index (κ1) is 23.1. The molecular weight excluding hydrogens is 438 g/mol. The number of carbonyl (C=O) groups is 2. The Labute approximate surface area is 205 Å². The van der Waals surface area contributed by atoms with Crippen LogP contribution in [0.4, 0.5) is 5.69 Å². The lowest BCUT2D eigenvalue weighted by Gasteiger charge is -2.39. The van der Waals surface area contributed by atoms with Crippen LogP contribution in [0.25, 0.3) is 11.0 Å². The summed E-state index contributed by atoms with van der Waals surface area (Å²) in [5.41, 5.74) is 4.75. The van der Waals surface area contributed by atoms with Crippen LogP contribution in [0.5, 0.6) is 0 Å². The van der Waals surface area contributed by atoms with Gasteiger partial charge in [-0.05, 0) is 66.8 Å². The van der Waals surface area contributed by atoms with Crippen molar-refractivity contribution in [3.63, 3.8) is 0 Å². The highest BCUT2D eigenvalue weighted by atomic mass is 16.2. The minimum atomic E-state index is -0.260. The van der Waals surface area contributed by atoms with Crippen LogP contribution < -0.4 is 5.32 Å². The third kappa shape index (κ3) is 3.97.